The van der Waals surface area contributed by atoms with Gasteiger partial charge in [0.25, 0.3) is 5.91 Å². The minimum atomic E-state index is -0.0265. The Balaban J connectivity index is 1.63. The van der Waals surface area contributed by atoms with Crippen molar-refractivity contribution in [1.82, 2.24) is 19.6 Å². The number of para-hydroxylation sites is 1. The fraction of sp³-hybridized carbons (Fsp3) is 0.444. The van der Waals surface area contributed by atoms with E-state index in [-0.39, 0.29) is 18.6 Å². The Kier molecular flexibility index (Phi) is 5.27. The summed E-state index contributed by atoms with van der Waals surface area (Å²) in [4.78, 5) is 16.7. The molecule has 6 nitrogen and oxygen atoms in total. The van der Waals surface area contributed by atoms with Crippen LogP contribution < -0.4 is 0 Å². The molecule has 1 unspecified atom stereocenters. The Morgan fingerprint density at radius 3 is 2.50 bits per heavy atom. The monoisotopic (exact) mass is 328 g/mol. The summed E-state index contributed by atoms with van der Waals surface area (Å²) in [6, 6.07) is 11.7. The van der Waals surface area contributed by atoms with Gasteiger partial charge in [-0.1, -0.05) is 25.1 Å². The molecule has 1 aliphatic rings. The fourth-order valence-electron chi connectivity index (χ4n) is 3.12. The van der Waals surface area contributed by atoms with E-state index in [9.17, 15) is 9.90 Å². The van der Waals surface area contributed by atoms with Crippen LogP contribution in [0.25, 0.3) is 5.69 Å². The van der Waals surface area contributed by atoms with Crippen LogP contribution in [0.1, 0.15) is 23.8 Å². The van der Waals surface area contributed by atoms with Crippen LogP contribution in [0.5, 0.6) is 0 Å². The number of aromatic nitrogens is 2. The minimum absolute atomic E-state index is 0.0265. The average Bonchev–Trinajstić information content (AvgIpc) is 3.14. The molecule has 0 radical (unpaired) electrons. The molecule has 3 rings (SSSR count). The highest BCUT2D eigenvalue weighted by molar-refractivity contribution is 5.92. The van der Waals surface area contributed by atoms with E-state index >= 15 is 0 Å². The summed E-state index contributed by atoms with van der Waals surface area (Å²) in [5, 5.41) is 13.8. The molecule has 1 amide bonds. The molecule has 1 aromatic carbocycles. The summed E-state index contributed by atoms with van der Waals surface area (Å²) in [5.74, 6) is -0.0265. The van der Waals surface area contributed by atoms with Crippen molar-refractivity contribution in [3.8, 4) is 5.69 Å². The Labute approximate surface area is 142 Å². The van der Waals surface area contributed by atoms with Crippen molar-refractivity contribution in [3.05, 3.63) is 48.3 Å². The van der Waals surface area contributed by atoms with Crippen LogP contribution in [-0.4, -0.2) is 69.4 Å². The second-order valence-electron chi connectivity index (χ2n) is 6.05. The number of aliphatic hydroxyl groups is 1. The van der Waals surface area contributed by atoms with E-state index < -0.39 is 0 Å². The normalized spacial score (nSPS) is 17.0. The van der Waals surface area contributed by atoms with E-state index in [0.717, 1.165) is 25.2 Å². The number of carbonyl (C=O) groups excluding carboxylic acids is 1. The smallest absolute Gasteiger partial charge is 0.274 e. The Bertz CT molecular complexity index is 659. The molecule has 2 aromatic rings. The summed E-state index contributed by atoms with van der Waals surface area (Å²) in [7, 11) is 0. The molecule has 0 saturated carbocycles. The highest BCUT2D eigenvalue weighted by Crippen LogP contribution is 2.13. The molecule has 1 aliphatic heterocycles. The maximum atomic E-state index is 12.6. The fourth-order valence-corrected chi connectivity index (χ4v) is 3.12. The molecule has 6 heteroatoms. The standard InChI is InChI=1S/C18H24N4O2/c1-2-15(14-23)20-10-12-21(13-11-20)18(24)17-8-9-22(19-17)16-6-4-3-5-7-16/h3-9,15,23H,2,10-14H2,1H3. The van der Waals surface area contributed by atoms with Crippen LogP contribution in [0.3, 0.4) is 0 Å². The first-order valence-corrected chi connectivity index (χ1v) is 8.48. The third kappa shape index (κ3) is 3.49. The van der Waals surface area contributed by atoms with E-state index in [0.29, 0.717) is 18.8 Å². The van der Waals surface area contributed by atoms with E-state index in [1.807, 2.05) is 41.4 Å². The van der Waals surface area contributed by atoms with E-state index in [4.69, 9.17) is 0 Å². The molecule has 24 heavy (non-hydrogen) atoms. The Morgan fingerprint density at radius 1 is 1.17 bits per heavy atom. The maximum absolute atomic E-state index is 12.6. The Hall–Kier alpha value is -2.18. The van der Waals surface area contributed by atoms with Gasteiger partial charge in [-0.2, -0.15) is 5.10 Å². The third-order valence-corrected chi connectivity index (χ3v) is 4.63. The zero-order valence-corrected chi connectivity index (χ0v) is 14.0. The van der Waals surface area contributed by atoms with Crippen molar-refractivity contribution < 1.29 is 9.90 Å². The number of hydrogen-bond donors (Lipinski definition) is 1. The molecule has 0 bridgehead atoms. The first kappa shape index (κ1) is 16.7. The van der Waals surface area contributed by atoms with Gasteiger partial charge >= 0.3 is 0 Å². The van der Waals surface area contributed by atoms with Gasteiger partial charge in [-0.3, -0.25) is 9.69 Å². The zero-order valence-electron chi connectivity index (χ0n) is 14.0. The predicted octanol–water partition coefficient (Wildman–Crippen LogP) is 1.40. The molecule has 1 atom stereocenters. The SMILES string of the molecule is CCC(CO)N1CCN(C(=O)c2ccn(-c3ccccc3)n2)CC1. The van der Waals surface area contributed by atoms with Crippen LogP contribution in [-0.2, 0) is 0 Å². The van der Waals surface area contributed by atoms with Gasteiger partial charge in [0.2, 0.25) is 0 Å². The van der Waals surface area contributed by atoms with Gasteiger partial charge < -0.3 is 10.0 Å². The van der Waals surface area contributed by atoms with Gasteiger partial charge in [0, 0.05) is 38.4 Å². The van der Waals surface area contributed by atoms with E-state index in [2.05, 4.69) is 16.9 Å². The summed E-state index contributed by atoms with van der Waals surface area (Å²) >= 11 is 0. The predicted molar refractivity (Wildman–Crippen MR) is 92.2 cm³/mol. The largest absolute Gasteiger partial charge is 0.395 e. The van der Waals surface area contributed by atoms with Crippen molar-refractivity contribution >= 4 is 5.91 Å². The van der Waals surface area contributed by atoms with Gasteiger partial charge in [0.05, 0.1) is 12.3 Å². The van der Waals surface area contributed by atoms with Crippen molar-refractivity contribution in [2.75, 3.05) is 32.8 Å². The first-order chi connectivity index (χ1) is 11.7. The van der Waals surface area contributed by atoms with Crippen molar-refractivity contribution in [3.63, 3.8) is 0 Å². The maximum Gasteiger partial charge on any atom is 0.274 e. The third-order valence-electron chi connectivity index (χ3n) is 4.63. The molecule has 2 heterocycles. The lowest BCUT2D eigenvalue weighted by Crippen LogP contribution is -2.52. The van der Waals surface area contributed by atoms with Gasteiger partial charge in [-0.05, 0) is 24.6 Å². The van der Waals surface area contributed by atoms with Crippen LogP contribution in [0.15, 0.2) is 42.6 Å². The number of amides is 1. The topological polar surface area (TPSA) is 61.6 Å². The average molecular weight is 328 g/mol. The summed E-state index contributed by atoms with van der Waals surface area (Å²) in [6.07, 6.45) is 2.74. The number of benzene rings is 1. The number of aliphatic hydroxyl groups excluding tert-OH is 1. The lowest BCUT2D eigenvalue weighted by atomic mass is 10.1. The second kappa shape index (κ2) is 7.59. The number of nitrogens with zero attached hydrogens (tertiary/aromatic N) is 4. The Morgan fingerprint density at radius 2 is 1.88 bits per heavy atom. The summed E-state index contributed by atoms with van der Waals surface area (Å²) in [5.41, 5.74) is 1.41. The van der Waals surface area contributed by atoms with Crippen molar-refractivity contribution in [2.24, 2.45) is 0 Å². The number of hydrogen-bond acceptors (Lipinski definition) is 4. The number of rotatable bonds is 5. The van der Waals surface area contributed by atoms with Crippen LogP contribution in [0.2, 0.25) is 0 Å². The van der Waals surface area contributed by atoms with Crippen molar-refractivity contribution in [2.45, 2.75) is 19.4 Å². The van der Waals surface area contributed by atoms with Gasteiger partial charge in [-0.25, -0.2) is 4.68 Å². The second-order valence-corrected chi connectivity index (χ2v) is 6.05. The molecular formula is C18H24N4O2. The van der Waals surface area contributed by atoms with E-state index in [1.54, 1.807) is 10.7 Å². The lowest BCUT2D eigenvalue weighted by molar-refractivity contribution is 0.0468. The molecular weight excluding hydrogens is 304 g/mol. The summed E-state index contributed by atoms with van der Waals surface area (Å²) in [6.45, 7) is 5.19. The molecule has 128 valence electrons. The quantitative estimate of drug-likeness (QED) is 0.901. The molecule has 0 spiro atoms. The molecule has 1 aromatic heterocycles. The summed E-state index contributed by atoms with van der Waals surface area (Å²) < 4.78 is 1.72. The van der Waals surface area contributed by atoms with Gasteiger partial charge in [-0.15, -0.1) is 0 Å². The number of carbonyl (C=O) groups is 1. The molecule has 1 saturated heterocycles. The first-order valence-electron chi connectivity index (χ1n) is 8.48. The van der Waals surface area contributed by atoms with E-state index in [1.165, 1.54) is 0 Å². The van der Waals surface area contributed by atoms with Gasteiger partial charge in [0.1, 0.15) is 0 Å². The van der Waals surface area contributed by atoms with Crippen LogP contribution in [0.4, 0.5) is 0 Å². The highest BCUT2D eigenvalue weighted by atomic mass is 16.3. The lowest BCUT2D eigenvalue weighted by Gasteiger charge is -2.38. The number of piperazine rings is 1. The minimum Gasteiger partial charge on any atom is -0.395 e. The van der Waals surface area contributed by atoms with Crippen LogP contribution in [0, 0.1) is 0 Å². The molecule has 1 N–H and O–H groups in total. The highest BCUT2D eigenvalue weighted by Gasteiger charge is 2.26. The van der Waals surface area contributed by atoms with Crippen LogP contribution >= 0.6 is 0 Å². The van der Waals surface area contributed by atoms with Gasteiger partial charge in [0.15, 0.2) is 5.69 Å². The zero-order chi connectivity index (χ0) is 16.9. The van der Waals surface area contributed by atoms with Crippen molar-refractivity contribution in [1.29, 1.82) is 0 Å². The molecule has 1 fully saturated rings. The molecule has 0 aliphatic carbocycles.